The van der Waals surface area contributed by atoms with E-state index in [1.165, 1.54) is 13.8 Å². The summed E-state index contributed by atoms with van der Waals surface area (Å²) < 4.78 is 38.4. The van der Waals surface area contributed by atoms with Crippen molar-refractivity contribution < 1.29 is 23.0 Å². The van der Waals surface area contributed by atoms with Crippen molar-refractivity contribution in [2.24, 2.45) is 0 Å². The molecule has 0 aromatic rings. The quantitative estimate of drug-likeness (QED) is 0.644. The van der Waals surface area contributed by atoms with Gasteiger partial charge in [-0.3, -0.25) is 0 Å². The molecule has 0 bridgehead atoms. The fourth-order valence-electron chi connectivity index (χ4n) is 0.597. The van der Waals surface area contributed by atoms with Crippen molar-refractivity contribution in [1.82, 2.24) is 0 Å². The van der Waals surface area contributed by atoms with Crippen molar-refractivity contribution in [2.45, 2.75) is 13.8 Å². The van der Waals surface area contributed by atoms with Gasteiger partial charge < -0.3 is 14.2 Å². The second-order valence-corrected chi connectivity index (χ2v) is 2.17. The molecular formula is C8H12F2O3. The Kier molecular flexibility index (Phi) is 4.87. The van der Waals surface area contributed by atoms with Crippen LogP contribution in [-0.2, 0) is 14.2 Å². The number of ether oxygens (including phenoxy) is 3. The van der Waals surface area contributed by atoms with Gasteiger partial charge in [0.25, 0.3) is 0 Å². The fraction of sp³-hybridized carbons (Fsp3) is 0.500. The lowest BCUT2D eigenvalue weighted by Crippen LogP contribution is -1.94. The predicted octanol–water partition coefficient (Wildman–Crippen LogP) is 2.61. The molecular weight excluding hydrogens is 182 g/mol. The van der Waals surface area contributed by atoms with Gasteiger partial charge in [-0.25, -0.2) is 0 Å². The molecule has 0 radical (unpaired) electrons. The van der Waals surface area contributed by atoms with Crippen LogP contribution in [-0.4, -0.2) is 14.2 Å². The third kappa shape index (κ3) is 3.78. The Labute approximate surface area is 75.6 Å². The van der Waals surface area contributed by atoms with Gasteiger partial charge in [-0.1, -0.05) is 0 Å². The number of hydrogen-bond donors (Lipinski definition) is 0. The van der Waals surface area contributed by atoms with Crippen LogP contribution in [0.2, 0.25) is 0 Å². The van der Waals surface area contributed by atoms with Crippen LogP contribution in [0.15, 0.2) is 23.5 Å². The van der Waals surface area contributed by atoms with Crippen molar-refractivity contribution in [1.29, 1.82) is 0 Å². The first kappa shape index (κ1) is 11.7. The van der Waals surface area contributed by atoms with Gasteiger partial charge in [0.15, 0.2) is 11.5 Å². The first-order chi connectivity index (χ1) is 6.02. The molecule has 76 valence electrons. The highest BCUT2D eigenvalue weighted by Crippen LogP contribution is 2.15. The Hall–Kier alpha value is -1.26. The lowest BCUT2D eigenvalue weighted by molar-refractivity contribution is 0.136. The fourth-order valence-corrected chi connectivity index (χ4v) is 0.597. The van der Waals surface area contributed by atoms with Crippen molar-refractivity contribution in [2.75, 3.05) is 14.2 Å². The zero-order valence-electron chi connectivity index (χ0n) is 7.98. The van der Waals surface area contributed by atoms with Gasteiger partial charge in [0.1, 0.15) is 0 Å². The highest BCUT2D eigenvalue weighted by atomic mass is 19.1. The SMILES string of the molecule is COC(F)=C(C)OC(C)=C(F)OC. The van der Waals surface area contributed by atoms with Crippen LogP contribution >= 0.6 is 0 Å². The Morgan fingerprint density at radius 1 is 0.846 bits per heavy atom. The molecule has 0 saturated carbocycles. The number of hydrogen-bond acceptors (Lipinski definition) is 3. The second kappa shape index (κ2) is 5.40. The number of methoxy groups -OCH3 is 2. The summed E-state index contributed by atoms with van der Waals surface area (Å²) in [6.45, 7) is 2.62. The van der Waals surface area contributed by atoms with Crippen LogP contribution in [0, 0.1) is 0 Å². The van der Waals surface area contributed by atoms with Gasteiger partial charge in [0.2, 0.25) is 0 Å². The minimum Gasteiger partial charge on any atom is -0.472 e. The number of allylic oxidation sites excluding steroid dienone is 2. The van der Waals surface area contributed by atoms with E-state index >= 15 is 0 Å². The highest BCUT2D eigenvalue weighted by Gasteiger charge is 2.07. The van der Waals surface area contributed by atoms with Crippen molar-refractivity contribution in [3.63, 3.8) is 0 Å². The maximum Gasteiger partial charge on any atom is 0.311 e. The molecule has 0 saturated heterocycles. The van der Waals surface area contributed by atoms with Gasteiger partial charge in [-0.2, -0.15) is 8.78 Å². The molecule has 0 rings (SSSR count). The lowest BCUT2D eigenvalue weighted by atomic mass is 10.5. The van der Waals surface area contributed by atoms with E-state index in [0.717, 1.165) is 14.2 Å². The summed E-state index contributed by atoms with van der Waals surface area (Å²) in [5.41, 5.74) is 0. The monoisotopic (exact) mass is 194 g/mol. The zero-order chi connectivity index (χ0) is 10.4. The number of rotatable bonds is 4. The molecule has 0 atom stereocenters. The lowest BCUT2D eigenvalue weighted by Gasteiger charge is -2.07. The molecule has 0 heterocycles. The molecule has 0 aromatic carbocycles. The summed E-state index contributed by atoms with van der Waals surface area (Å²) in [6.07, 6.45) is 0. The van der Waals surface area contributed by atoms with E-state index in [4.69, 9.17) is 4.74 Å². The average Bonchev–Trinajstić information content (AvgIpc) is 2.14. The van der Waals surface area contributed by atoms with Gasteiger partial charge >= 0.3 is 12.0 Å². The van der Waals surface area contributed by atoms with Gasteiger partial charge in [0.05, 0.1) is 14.2 Å². The summed E-state index contributed by atoms with van der Waals surface area (Å²) >= 11 is 0. The summed E-state index contributed by atoms with van der Waals surface area (Å²) in [6, 6.07) is -1.80. The molecule has 0 aliphatic rings. The minimum atomic E-state index is -0.900. The van der Waals surface area contributed by atoms with Crippen molar-refractivity contribution >= 4 is 0 Å². The molecule has 0 aromatic heterocycles. The Morgan fingerprint density at radius 2 is 1.15 bits per heavy atom. The molecule has 0 aliphatic carbocycles. The van der Waals surface area contributed by atoms with E-state index in [9.17, 15) is 8.78 Å². The zero-order valence-corrected chi connectivity index (χ0v) is 7.98. The van der Waals surface area contributed by atoms with E-state index in [1.54, 1.807) is 0 Å². The van der Waals surface area contributed by atoms with Gasteiger partial charge in [-0.05, 0) is 0 Å². The summed E-state index contributed by atoms with van der Waals surface area (Å²) in [4.78, 5) is 0. The Morgan fingerprint density at radius 3 is 1.38 bits per heavy atom. The van der Waals surface area contributed by atoms with Gasteiger partial charge in [-0.15, -0.1) is 0 Å². The third-order valence-corrected chi connectivity index (χ3v) is 1.22. The first-order valence-electron chi connectivity index (χ1n) is 3.51. The molecule has 0 fully saturated rings. The molecule has 0 unspecified atom stereocenters. The van der Waals surface area contributed by atoms with Crippen LogP contribution in [0.1, 0.15) is 13.8 Å². The largest absolute Gasteiger partial charge is 0.472 e. The van der Waals surface area contributed by atoms with Crippen LogP contribution < -0.4 is 0 Å². The minimum absolute atomic E-state index is 0.160. The maximum atomic E-state index is 12.6. The van der Waals surface area contributed by atoms with E-state index < -0.39 is 12.0 Å². The van der Waals surface area contributed by atoms with Crippen LogP contribution in [0.4, 0.5) is 8.78 Å². The Balaban J connectivity index is 4.46. The molecule has 0 N–H and O–H groups in total. The normalized spacial score (nSPS) is 14.3. The highest BCUT2D eigenvalue weighted by molar-refractivity contribution is 4.98. The first-order valence-corrected chi connectivity index (χ1v) is 3.51. The van der Waals surface area contributed by atoms with Crippen LogP contribution in [0.5, 0.6) is 0 Å². The number of halogens is 2. The third-order valence-electron chi connectivity index (χ3n) is 1.22. The van der Waals surface area contributed by atoms with Gasteiger partial charge in [0, 0.05) is 13.8 Å². The summed E-state index contributed by atoms with van der Waals surface area (Å²) in [7, 11) is 2.29. The predicted molar refractivity (Wildman–Crippen MR) is 42.7 cm³/mol. The summed E-state index contributed by atoms with van der Waals surface area (Å²) in [5, 5.41) is 0. The molecule has 0 aliphatic heterocycles. The smallest absolute Gasteiger partial charge is 0.311 e. The molecule has 13 heavy (non-hydrogen) atoms. The van der Waals surface area contributed by atoms with Crippen molar-refractivity contribution in [3.05, 3.63) is 23.5 Å². The topological polar surface area (TPSA) is 27.7 Å². The van der Waals surface area contributed by atoms with Crippen molar-refractivity contribution in [3.8, 4) is 0 Å². The van der Waals surface area contributed by atoms with E-state index in [1.807, 2.05) is 0 Å². The molecule has 0 amide bonds. The van der Waals surface area contributed by atoms with E-state index in [2.05, 4.69) is 9.47 Å². The molecule has 3 nitrogen and oxygen atoms in total. The van der Waals surface area contributed by atoms with Crippen LogP contribution in [0.25, 0.3) is 0 Å². The van der Waals surface area contributed by atoms with E-state index in [0.29, 0.717) is 0 Å². The standard InChI is InChI=1S/C8H12F2O3/c1-5(7(9)11-3)13-6(2)8(10)12-4/h1-4H3. The maximum absolute atomic E-state index is 12.6. The molecule has 0 spiro atoms. The Bertz CT molecular complexity index is 210. The van der Waals surface area contributed by atoms with E-state index in [-0.39, 0.29) is 11.5 Å². The summed E-state index contributed by atoms with van der Waals surface area (Å²) in [5.74, 6) is -0.320. The average molecular weight is 194 g/mol. The molecule has 5 heteroatoms. The second-order valence-electron chi connectivity index (χ2n) is 2.17. The van der Waals surface area contributed by atoms with Crippen LogP contribution in [0.3, 0.4) is 0 Å².